The Labute approximate surface area is 170 Å². The zero-order valence-corrected chi connectivity index (χ0v) is 16.8. The molecule has 3 aromatic carbocycles. The topological polar surface area (TPSA) is 75.7 Å². The van der Waals surface area contributed by atoms with Gasteiger partial charge in [-0.1, -0.05) is 48.5 Å². The van der Waals surface area contributed by atoms with Crippen LogP contribution in [0, 0.1) is 0 Å². The van der Waals surface area contributed by atoms with E-state index in [4.69, 9.17) is 4.74 Å². The molecule has 0 aliphatic heterocycles. The minimum Gasteiger partial charge on any atom is -0.484 e. The number of anilines is 2. The molecular weight excluding hydrogens is 388 g/mol. The van der Waals surface area contributed by atoms with Crippen LogP contribution < -0.4 is 14.4 Å². The standard InChI is InChI=1S/C22H22N2O4S/c1-2-24(18-11-5-3-6-12-18)29(26,27)21-16-10-9-15-20(21)23-22(25)17-28-19-13-7-4-8-14-19/h3-16H,2,17H2,1H3,(H,23,25). The molecule has 0 heterocycles. The van der Waals surface area contributed by atoms with Gasteiger partial charge in [0, 0.05) is 6.54 Å². The number of nitrogens with zero attached hydrogens (tertiary/aromatic N) is 1. The average Bonchev–Trinajstić information content (AvgIpc) is 2.74. The van der Waals surface area contributed by atoms with Crippen LogP contribution in [0.15, 0.2) is 89.8 Å². The zero-order valence-electron chi connectivity index (χ0n) is 16.0. The van der Waals surface area contributed by atoms with Crippen molar-refractivity contribution < 1.29 is 17.9 Å². The highest BCUT2D eigenvalue weighted by Crippen LogP contribution is 2.28. The van der Waals surface area contributed by atoms with Gasteiger partial charge in [-0.05, 0) is 43.3 Å². The first kappa shape index (κ1) is 20.4. The summed E-state index contributed by atoms with van der Waals surface area (Å²) in [4.78, 5) is 12.4. The molecular formula is C22H22N2O4S. The molecule has 3 aromatic rings. The second-order valence-electron chi connectivity index (χ2n) is 6.15. The third-order valence-corrected chi connectivity index (χ3v) is 6.13. The third-order valence-electron chi connectivity index (χ3n) is 4.17. The second kappa shape index (κ2) is 9.25. The van der Waals surface area contributed by atoms with E-state index in [9.17, 15) is 13.2 Å². The van der Waals surface area contributed by atoms with Gasteiger partial charge in [-0.2, -0.15) is 0 Å². The SMILES string of the molecule is CCN(c1ccccc1)S(=O)(=O)c1ccccc1NC(=O)COc1ccccc1. The Morgan fingerprint density at radius 3 is 2.14 bits per heavy atom. The number of rotatable bonds is 8. The van der Waals surface area contributed by atoms with Crippen molar-refractivity contribution in [2.75, 3.05) is 22.8 Å². The van der Waals surface area contributed by atoms with Gasteiger partial charge >= 0.3 is 0 Å². The quantitative estimate of drug-likeness (QED) is 0.611. The molecule has 0 spiro atoms. The molecule has 1 amide bonds. The highest BCUT2D eigenvalue weighted by Gasteiger charge is 2.26. The molecule has 0 saturated heterocycles. The van der Waals surface area contributed by atoms with E-state index in [-0.39, 0.29) is 23.7 Å². The summed E-state index contributed by atoms with van der Waals surface area (Å²) in [6, 6.07) is 24.1. The van der Waals surface area contributed by atoms with E-state index in [1.165, 1.54) is 10.4 Å². The molecule has 1 N–H and O–H groups in total. The fourth-order valence-electron chi connectivity index (χ4n) is 2.85. The highest BCUT2D eigenvalue weighted by atomic mass is 32.2. The molecule has 7 heteroatoms. The van der Waals surface area contributed by atoms with Gasteiger partial charge in [0.05, 0.1) is 11.4 Å². The maximum Gasteiger partial charge on any atom is 0.266 e. The first-order valence-corrected chi connectivity index (χ1v) is 10.6. The number of ether oxygens (including phenoxy) is 1. The van der Waals surface area contributed by atoms with E-state index >= 15 is 0 Å². The number of benzene rings is 3. The van der Waals surface area contributed by atoms with Crippen molar-refractivity contribution >= 4 is 27.3 Å². The fraction of sp³-hybridized carbons (Fsp3) is 0.136. The predicted molar refractivity (Wildman–Crippen MR) is 114 cm³/mol. The summed E-state index contributed by atoms with van der Waals surface area (Å²) in [5.41, 5.74) is 0.770. The molecule has 0 aliphatic carbocycles. The van der Waals surface area contributed by atoms with Crippen molar-refractivity contribution in [1.82, 2.24) is 0 Å². The third kappa shape index (κ3) is 4.94. The molecule has 0 unspecified atom stereocenters. The van der Waals surface area contributed by atoms with Crippen LogP contribution >= 0.6 is 0 Å². The van der Waals surface area contributed by atoms with E-state index in [1.807, 2.05) is 12.1 Å². The molecule has 0 saturated carbocycles. The summed E-state index contributed by atoms with van der Waals surface area (Å²) in [7, 11) is -3.87. The van der Waals surface area contributed by atoms with Gasteiger partial charge in [0.1, 0.15) is 10.6 Å². The van der Waals surface area contributed by atoms with Crippen LogP contribution in [0.25, 0.3) is 0 Å². The normalized spacial score (nSPS) is 10.9. The van der Waals surface area contributed by atoms with E-state index in [2.05, 4.69) is 5.32 Å². The van der Waals surface area contributed by atoms with Gasteiger partial charge in [0.15, 0.2) is 6.61 Å². The van der Waals surface area contributed by atoms with E-state index in [1.54, 1.807) is 73.7 Å². The first-order chi connectivity index (χ1) is 14.0. The van der Waals surface area contributed by atoms with Crippen LogP contribution in [0.2, 0.25) is 0 Å². The van der Waals surface area contributed by atoms with Gasteiger partial charge in [-0.15, -0.1) is 0 Å². The van der Waals surface area contributed by atoms with Crippen molar-refractivity contribution in [1.29, 1.82) is 0 Å². The minimum atomic E-state index is -3.87. The minimum absolute atomic E-state index is 0.0266. The first-order valence-electron chi connectivity index (χ1n) is 9.17. The maximum absolute atomic E-state index is 13.3. The molecule has 0 radical (unpaired) electrons. The van der Waals surface area contributed by atoms with Crippen molar-refractivity contribution in [2.45, 2.75) is 11.8 Å². The molecule has 150 valence electrons. The maximum atomic E-state index is 13.3. The molecule has 3 rings (SSSR count). The van der Waals surface area contributed by atoms with Crippen LogP contribution in [0.3, 0.4) is 0 Å². The van der Waals surface area contributed by atoms with Gasteiger partial charge in [-0.25, -0.2) is 8.42 Å². The van der Waals surface area contributed by atoms with Crippen molar-refractivity contribution in [3.05, 3.63) is 84.9 Å². The van der Waals surface area contributed by atoms with Crippen LogP contribution in [0.5, 0.6) is 5.75 Å². The Kier molecular flexibility index (Phi) is 6.51. The Bertz CT molecular complexity index is 1050. The van der Waals surface area contributed by atoms with Crippen molar-refractivity contribution in [2.24, 2.45) is 0 Å². The Hall–Kier alpha value is -3.32. The Morgan fingerprint density at radius 1 is 0.897 bits per heavy atom. The lowest BCUT2D eigenvalue weighted by molar-refractivity contribution is -0.118. The number of hydrogen-bond acceptors (Lipinski definition) is 4. The van der Waals surface area contributed by atoms with Crippen LogP contribution in [-0.2, 0) is 14.8 Å². The summed E-state index contributed by atoms with van der Waals surface area (Å²) in [6.07, 6.45) is 0. The van der Waals surface area contributed by atoms with Gasteiger partial charge in [0.25, 0.3) is 15.9 Å². The van der Waals surface area contributed by atoms with Gasteiger partial charge in [-0.3, -0.25) is 9.10 Å². The van der Waals surface area contributed by atoms with Crippen LogP contribution in [0.4, 0.5) is 11.4 Å². The lowest BCUT2D eigenvalue weighted by Crippen LogP contribution is -2.32. The summed E-state index contributed by atoms with van der Waals surface area (Å²) < 4.78 is 33.3. The van der Waals surface area contributed by atoms with Crippen molar-refractivity contribution in [3.63, 3.8) is 0 Å². The number of amides is 1. The highest BCUT2D eigenvalue weighted by molar-refractivity contribution is 7.93. The molecule has 0 bridgehead atoms. The molecule has 6 nitrogen and oxygen atoms in total. The van der Waals surface area contributed by atoms with E-state index in [0.29, 0.717) is 11.4 Å². The van der Waals surface area contributed by atoms with E-state index in [0.717, 1.165) is 0 Å². The summed E-state index contributed by atoms with van der Waals surface area (Å²) in [5, 5.41) is 2.65. The second-order valence-corrected chi connectivity index (χ2v) is 7.98. The number of sulfonamides is 1. The summed E-state index contributed by atoms with van der Waals surface area (Å²) in [5.74, 6) is 0.115. The monoisotopic (exact) mass is 410 g/mol. The zero-order chi connectivity index (χ0) is 20.7. The predicted octanol–water partition coefficient (Wildman–Crippen LogP) is 3.92. The smallest absolute Gasteiger partial charge is 0.266 e. The summed E-state index contributed by atoms with van der Waals surface area (Å²) in [6.45, 7) is 1.79. The van der Waals surface area contributed by atoms with Gasteiger partial charge < -0.3 is 10.1 Å². The number of nitrogens with one attached hydrogen (secondary N) is 1. The molecule has 29 heavy (non-hydrogen) atoms. The Balaban J connectivity index is 1.81. The Morgan fingerprint density at radius 2 is 1.48 bits per heavy atom. The number of hydrogen-bond donors (Lipinski definition) is 1. The molecule has 0 atom stereocenters. The average molecular weight is 410 g/mol. The fourth-order valence-corrected chi connectivity index (χ4v) is 4.48. The number of carbonyl (C=O) groups is 1. The lowest BCUT2D eigenvalue weighted by Gasteiger charge is -2.24. The number of carbonyl (C=O) groups excluding carboxylic acids is 1. The van der Waals surface area contributed by atoms with Gasteiger partial charge in [0.2, 0.25) is 0 Å². The van der Waals surface area contributed by atoms with Crippen molar-refractivity contribution in [3.8, 4) is 5.75 Å². The lowest BCUT2D eigenvalue weighted by atomic mass is 10.3. The van der Waals surface area contributed by atoms with E-state index < -0.39 is 15.9 Å². The summed E-state index contributed by atoms with van der Waals surface area (Å²) >= 11 is 0. The van der Waals surface area contributed by atoms with Crippen LogP contribution in [-0.4, -0.2) is 27.5 Å². The van der Waals surface area contributed by atoms with Crippen LogP contribution in [0.1, 0.15) is 6.92 Å². The molecule has 0 aromatic heterocycles. The number of para-hydroxylation sites is 3. The molecule has 0 aliphatic rings. The largest absolute Gasteiger partial charge is 0.484 e. The molecule has 0 fully saturated rings.